The summed E-state index contributed by atoms with van der Waals surface area (Å²) >= 11 is 3.13. The second kappa shape index (κ2) is 4.87. The third-order valence-corrected chi connectivity index (χ3v) is 3.97. The molecule has 1 aromatic carbocycles. The zero-order valence-corrected chi connectivity index (χ0v) is 10.4. The summed E-state index contributed by atoms with van der Waals surface area (Å²) in [5, 5.41) is 0. The second-order valence-electron chi connectivity index (χ2n) is 2.80. The maximum absolute atomic E-state index is 11.6. The lowest BCUT2D eigenvalue weighted by molar-refractivity contribution is 0.112. The van der Waals surface area contributed by atoms with E-state index in [1.807, 2.05) is 0 Å². The van der Waals surface area contributed by atoms with Crippen molar-refractivity contribution in [3.05, 3.63) is 28.2 Å². The molecule has 0 atom stereocenters. The molecule has 82 valence electrons. The fourth-order valence-corrected chi connectivity index (χ4v) is 2.73. The Bertz CT molecular complexity index is 470. The minimum atomic E-state index is -3.45. The first-order valence-electron chi connectivity index (χ1n) is 4.25. The number of nitrogens with one attached hydrogen (secondary N) is 1. The van der Waals surface area contributed by atoms with Crippen molar-refractivity contribution in [1.82, 2.24) is 4.72 Å². The van der Waals surface area contributed by atoms with Crippen LogP contribution in [-0.2, 0) is 10.0 Å². The maximum atomic E-state index is 11.6. The van der Waals surface area contributed by atoms with Gasteiger partial charge in [-0.3, -0.25) is 4.79 Å². The number of hydrogen-bond acceptors (Lipinski definition) is 3. The molecule has 0 radical (unpaired) electrons. The van der Waals surface area contributed by atoms with Crippen molar-refractivity contribution in [2.75, 3.05) is 6.54 Å². The first-order valence-corrected chi connectivity index (χ1v) is 6.53. The van der Waals surface area contributed by atoms with Crippen LogP contribution in [-0.4, -0.2) is 21.2 Å². The Morgan fingerprint density at radius 3 is 2.60 bits per heavy atom. The molecule has 0 saturated heterocycles. The van der Waals surface area contributed by atoms with Gasteiger partial charge in [0.05, 0.1) is 4.90 Å². The minimum Gasteiger partial charge on any atom is -0.298 e. The molecular weight excluding hydrogens is 282 g/mol. The summed E-state index contributed by atoms with van der Waals surface area (Å²) in [6.45, 7) is 2.03. The highest BCUT2D eigenvalue weighted by Gasteiger charge is 2.13. The number of carbonyl (C=O) groups excluding carboxylic acids is 1. The molecule has 0 fully saturated rings. The molecule has 0 amide bonds. The fourth-order valence-electron chi connectivity index (χ4n) is 1.04. The van der Waals surface area contributed by atoms with Crippen molar-refractivity contribution in [1.29, 1.82) is 0 Å². The van der Waals surface area contributed by atoms with Gasteiger partial charge in [0.25, 0.3) is 0 Å². The Balaban J connectivity index is 3.18. The van der Waals surface area contributed by atoms with E-state index in [1.54, 1.807) is 6.92 Å². The summed E-state index contributed by atoms with van der Waals surface area (Å²) < 4.78 is 26.0. The number of sulfonamides is 1. The van der Waals surface area contributed by atoms with Gasteiger partial charge < -0.3 is 0 Å². The van der Waals surface area contributed by atoms with E-state index in [2.05, 4.69) is 20.7 Å². The van der Waals surface area contributed by atoms with Crippen molar-refractivity contribution in [3.63, 3.8) is 0 Å². The molecule has 4 nitrogen and oxygen atoms in total. The van der Waals surface area contributed by atoms with Crippen molar-refractivity contribution >= 4 is 32.2 Å². The Labute approximate surface area is 96.9 Å². The number of benzene rings is 1. The van der Waals surface area contributed by atoms with Crippen molar-refractivity contribution in [3.8, 4) is 0 Å². The predicted molar refractivity (Wildman–Crippen MR) is 60.4 cm³/mol. The molecule has 0 aliphatic rings. The van der Waals surface area contributed by atoms with E-state index in [0.717, 1.165) is 0 Å². The fraction of sp³-hybridized carbons (Fsp3) is 0.222. The Morgan fingerprint density at radius 1 is 1.47 bits per heavy atom. The van der Waals surface area contributed by atoms with Crippen LogP contribution < -0.4 is 4.72 Å². The highest BCUT2D eigenvalue weighted by molar-refractivity contribution is 9.10. The molecule has 1 N–H and O–H groups in total. The van der Waals surface area contributed by atoms with Gasteiger partial charge in [0.2, 0.25) is 10.0 Å². The summed E-state index contributed by atoms with van der Waals surface area (Å²) in [5.41, 5.74) is 0.422. The van der Waals surface area contributed by atoms with Crippen molar-refractivity contribution < 1.29 is 13.2 Å². The molecule has 0 unspecified atom stereocenters. The summed E-state index contributed by atoms with van der Waals surface area (Å²) in [4.78, 5) is 10.7. The zero-order valence-electron chi connectivity index (χ0n) is 8.03. The molecule has 15 heavy (non-hydrogen) atoms. The number of hydrogen-bond donors (Lipinski definition) is 1. The number of carbonyl (C=O) groups is 1. The smallest absolute Gasteiger partial charge is 0.240 e. The standard InChI is InChI=1S/C9H10BrNO3S/c1-2-11-15(13,14)8-4-3-7(6-12)9(10)5-8/h3-6,11H,2H2,1H3. The van der Waals surface area contributed by atoms with E-state index >= 15 is 0 Å². The lowest BCUT2D eigenvalue weighted by Gasteiger charge is -2.05. The third-order valence-electron chi connectivity index (χ3n) is 1.74. The Hall–Kier alpha value is -0.720. The van der Waals surface area contributed by atoms with Crippen LogP contribution in [0.4, 0.5) is 0 Å². The van der Waals surface area contributed by atoms with E-state index in [-0.39, 0.29) is 4.90 Å². The van der Waals surface area contributed by atoms with Crippen molar-refractivity contribution in [2.45, 2.75) is 11.8 Å². The molecule has 0 bridgehead atoms. The summed E-state index contributed by atoms with van der Waals surface area (Å²) in [5.74, 6) is 0. The van der Waals surface area contributed by atoms with Crippen LogP contribution in [0.15, 0.2) is 27.6 Å². The maximum Gasteiger partial charge on any atom is 0.240 e. The van der Waals surface area contributed by atoms with Crippen molar-refractivity contribution in [2.24, 2.45) is 0 Å². The molecule has 0 saturated carbocycles. The molecule has 0 spiro atoms. The number of halogens is 1. The highest BCUT2D eigenvalue weighted by atomic mass is 79.9. The summed E-state index contributed by atoms with van der Waals surface area (Å²) in [6.07, 6.45) is 0.660. The monoisotopic (exact) mass is 291 g/mol. The molecule has 0 aliphatic carbocycles. The quantitative estimate of drug-likeness (QED) is 0.857. The second-order valence-corrected chi connectivity index (χ2v) is 5.42. The van der Waals surface area contributed by atoms with Gasteiger partial charge in [0, 0.05) is 16.6 Å². The molecular formula is C9H10BrNO3S. The van der Waals surface area contributed by atoms with Gasteiger partial charge in [-0.15, -0.1) is 0 Å². The first-order chi connectivity index (χ1) is 7.01. The summed E-state index contributed by atoms with van der Waals surface area (Å²) in [6, 6.07) is 4.26. The van der Waals surface area contributed by atoms with Gasteiger partial charge in [-0.05, 0) is 18.2 Å². The topological polar surface area (TPSA) is 63.2 Å². The van der Waals surface area contributed by atoms with E-state index in [1.165, 1.54) is 18.2 Å². The van der Waals surface area contributed by atoms with Gasteiger partial charge in [0.1, 0.15) is 0 Å². The lowest BCUT2D eigenvalue weighted by atomic mass is 10.2. The van der Waals surface area contributed by atoms with Gasteiger partial charge in [-0.25, -0.2) is 13.1 Å². The average molecular weight is 292 g/mol. The van der Waals surface area contributed by atoms with Crippen LogP contribution in [0.25, 0.3) is 0 Å². The van der Waals surface area contributed by atoms with E-state index in [9.17, 15) is 13.2 Å². The third kappa shape index (κ3) is 2.87. The molecule has 0 heterocycles. The van der Waals surface area contributed by atoms with Gasteiger partial charge in [-0.1, -0.05) is 22.9 Å². The molecule has 0 aromatic heterocycles. The Kier molecular flexibility index (Phi) is 4.01. The molecule has 1 aromatic rings. The Morgan fingerprint density at radius 2 is 2.13 bits per heavy atom. The van der Waals surface area contributed by atoms with Crippen LogP contribution in [0.3, 0.4) is 0 Å². The largest absolute Gasteiger partial charge is 0.298 e. The normalized spacial score (nSPS) is 11.3. The summed E-state index contributed by atoms with van der Waals surface area (Å²) in [7, 11) is -3.45. The lowest BCUT2D eigenvalue weighted by Crippen LogP contribution is -2.23. The van der Waals surface area contributed by atoms with Crippen LogP contribution >= 0.6 is 15.9 Å². The SMILES string of the molecule is CCNS(=O)(=O)c1ccc(C=O)c(Br)c1. The minimum absolute atomic E-state index is 0.141. The van der Waals surface area contributed by atoms with Crippen LogP contribution in [0, 0.1) is 0 Å². The van der Waals surface area contributed by atoms with Gasteiger partial charge in [0.15, 0.2) is 6.29 Å². The van der Waals surface area contributed by atoms with Crippen LogP contribution in [0.1, 0.15) is 17.3 Å². The zero-order chi connectivity index (χ0) is 11.5. The van der Waals surface area contributed by atoms with E-state index < -0.39 is 10.0 Å². The van der Waals surface area contributed by atoms with E-state index in [4.69, 9.17) is 0 Å². The highest BCUT2D eigenvalue weighted by Crippen LogP contribution is 2.19. The number of rotatable bonds is 4. The molecule has 1 rings (SSSR count). The first kappa shape index (κ1) is 12.4. The molecule has 0 aliphatic heterocycles. The van der Waals surface area contributed by atoms with Gasteiger partial charge >= 0.3 is 0 Å². The molecule has 6 heteroatoms. The predicted octanol–water partition coefficient (Wildman–Crippen LogP) is 1.56. The number of aldehydes is 1. The van der Waals surface area contributed by atoms with Crippen LogP contribution in [0.2, 0.25) is 0 Å². The van der Waals surface area contributed by atoms with E-state index in [0.29, 0.717) is 22.9 Å². The van der Waals surface area contributed by atoms with Crippen LogP contribution in [0.5, 0.6) is 0 Å². The van der Waals surface area contributed by atoms with Gasteiger partial charge in [-0.2, -0.15) is 0 Å². The average Bonchev–Trinajstić information content (AvgIpc) is 2.17.